The van der Waals surface area contributed by atoms with Gasteiger partial charge in [0.1, 0.15) is 0 Å². The SMILES string of the molecule is NC(=O)CC[CH]([Zn][c]1ccccc1)[Zn][c]1ccccc1. The van der Waals surface area contributed by atoms with Crippen LogP contribution in [0.25, 0.3) is 0 Å². The number of rotatable bonds is 7. The second kappa shape index (κ2) is 8.44. The van der Waals surface area contributed by atoms with Gasteiger partial charge in [-0.25, -0.2) is 0 Å². The molecule has 0 aromatic heterocycles. The summed E-state index contributed by atoms with van der Waals surface area (Å²) in [6.45, 7) is 0. The fraction of sp³-hybridized carbons (Fsp3) is 0.188. The van der Waals surface area contributed by atoms with Gasteiger partial charge < -0.3 is 0 Å². The van der Waals surface area contributed by atoms with E-state index >= 15 is 0 Å². The minimum atomic E-state index is -0.792. The predicted molar refractivity (Wildman–Crippen MR) is 74.3 cm³/mol. The zero-order valence-corrected chi connectivity index (χ0v) is 17.6. The van der Waals surface area contributed by atoms with E-state index in [1.807, 2.05) is 0 Å². The number of carbonyl (C=O) groups is 1. The van der Waals surface area contributed by atoms with Crippen LogP contribution in [0.2, 0.25) is 3.11 Å². The molecule has 0 saturated heterocycles. The summed E-state index contributed by atoms with van der Waals surface area (Å²) >= 11 is -1.58. The Morgan fingerprint density at radius 3 is 1.75 bits per heavy atom. The van der Waals surface area contributed by atoms with E-state index in [0.717, 1.165) is 9.53 Å². The van der Waals surface area contributed by atoms with Gasteiger partial charge in [0.2, 0.25) is 0 Å². The average molecular weight is 370 g/mol. The van der Waals surface area contributed by atoms with Crippen LogP contribution in [0.15, 0.2) is 60.7 Å². The molecule has 0 atom stereocenters. The van der Waals surface area contributed by atoms with Gasteiger partial charge in [-0.2, -0.15) is 0 Å². The fourth-order valence-electron chi connectivity index (χ4n) is 2.52. The van der Waals surface area contributed by atoms with Crippen molar-refractivity contribution < 1.29 is 39.0 Å². The number of amides is 1. The molecular weight excluding hydrogens is 353 g/mol. The van der Waals surface area contributed by atoms with Gasteiger partial charge in [0.15, 0.2) is 0 Å². The molecule has 0 aliphatic carbocycles. The Morgan fingerprint density at radius 1 is 0.900 bits per heavy atom. The van der Waals surface area contributed by atoms with Crippen molar-refractivity contribution in [3.63, 3.8) is 0 Å². The Bertz CT molecular complexity index is 489. The number of nitrogens with two attached hydrogens (primary N) is 1. The fourth-order valence-corrected chi connectivity index (χ4v) is 18.5. The molecule has 2 aromatic carbocycles. The van der Waals surface area contributed by atoms with Crippen LogP contribution in [-0.2, 0) is 39.0 Å². The Hall–Kier alpha value is -0.843. The van der Waals surface area contributed by atoms with Crippen molar-refractivity contribution in [3.05, 3.63) is 60.7 Å². The quantitative estimate of drug-likeness (QED) is 0.743. The Kier molecular flexibility index (Phi) is 6.56. The summed E-state index contributed by atoms with van der Waals surface area (Å²) in [5, 5.41) is 0. The van der Waals surface area contributed by atoms with Gasteiger partial charge >= 0.3 is 136 Å². The normalized spacial score (nSPS) is 9.85. The summed E-state index contributed by atoms with van der Waals surface area (Å²) in [6.07, 6.45) is 1.57. The first kappa shape index (κ1) is 15.5. The predicted octanol–water partition coefficient (Wildman–Crippen LogP) is 1.81. The van der Waals surface area contributed by atoms with Crippen molar-refractivity contribution in [2.75, 3.05) is 0 Å². The van der Waals surface area contributed by atoms with E-state index in [4.69, 9.17) is 5.73 Å². The first-order valence-corrected chi connectivity index (χ1v) is 13.5. The first-order valence-electron chi connectivity index (χ1n) is 7.10. The van der Waals surface area contributed by atoms with Crippen LogP contribution in [0.4, 0.5) is 0 Å². The van der Waals surface area contributed by atoms with Crippen LogP contribution < -0.4 is 14.0 Å². The van der Waals surface area contributed by atoms with Gasteiger partial charge in [-0.05, 0) is 0 Å². The summed E-state index contributed by atoms with van der Waals surface area (Å²) in [5.74, 6) is -0.152. The molecule has 0 fully saturated rings. The third kappa shape index (κ3) is 5.65. The second-order valence-corrected chi connectivity index (χ2v) is 20.3. The van der Waals surface area contributed by atoms with Crippen LogP contribution in [0, 0.1) is 0 Å². The third-order valence-electron chi connectivity index (χ3n) is 3.53. The van der Waals surface area contributed by atoms with Crippen molar-refractivity contribution in [2.45, 2.75) is 15.9 Å². The van der Waals surface area contributed by atoms with Crippen LogP contribution >= 0.6 is 0 Å². The van der Waals surface area contributed by atoms with Crippen molar-refractivity contribution in [1.82, 2.24) is 0 Å². The number of primary amides is 1. The molecule has 0 bridgehead atoms. The van der Waals surface area contributed by atoms with Gasteiger partial charge in [0, 0.05) is 0 Å². The molecule has 0 aliphatic rings. The standard InChI is InChI=1S/2C6H5.C4H7NO.2Zn/c2*1-2-4-6-5-3-1;1-2-3-4(5)6;;/h2*1-5H;1H,2-3H2,(H2,5,6);;. The molecule has 0 aliphatic heterocycles. The molecular formula is C16H17NOZn2. The van der Waals surface area contributed by atoms with Gasteiger partial charge in [0.05, 0.1) is 0 Å². The van der Waals surface area contributed by atoms with Crippen LogP contribution in [0.5, 0.6) is 0 Å². The van der Waals surface area contributed by atoms with E-state index in [1.54, 1.807) is 8.32 Å². The molecule has 2 nitrogen and oxygen atoms in total. The number of carbonyl (C=O) groups excluding carboxylic acids is 1. The van der Waals surface area contributed by atoms with E-state index in [1.165, 1.54) is 0 Å². The summed E-state index contributed by atoms with van der Waals surface area (Å²) in [4.78, 5) is 11.1. The van der Waals surface area contributed by atoms with Gasteiger partial charge in [-0.15, -0.1) is 0 Å². The van der Waals surface area contributed by atoms with E-state index in [-0.39, 0.29) is 5.91 Å². The summed E-state index contributed by atoms with van der Waals surface area (Å²) in [7, 11) is 0. The maximum atomic E-state index is 11.1. The molecule has 20 heavy (non-hydrogen) atoms. The Balaban J connectivity index is 2.02. The monoisotopic (exact) mass is 367 g/mol. The molecule has 0 heterocycles. The summed E-state index contributed by atoms with van der Waals surface area (Å²) in [5.41, 5.74) is 5.33. The van der Waals surface area contributed by atoms with Gasteiger partial charge in [-0.3, -0.25) is 0 Å². The number of benzene rings is 2. The average Bonchev–Trinajstić information content (AvgIpc) is 2.47. The van der Waals surface area contributed by atoms with Crippen molar-refractivity contribution in [2.24, 2.45) is 5.73 Å². The zero-order chi connectivity index (χ0) is 14.2. The molecule has 2 rings (SSSR count). The Morgan fingerprint density at radius 2 is 1.35 bits per heavy atom. The Labute approximate surface area is 135 Å². The van der Waals surface area contributed by atoms with E-state index in [9.17, 15) is 4.79 Å². The van der Waals surface area contributed by atoms with E-state index in [0.29, 0.717) is 6.42 Å². The molecule has 0 unspecified atom stereocenters. The zero-order valence-electron chi connectivity index (χ0n) is 11.7. The van der Waals surface area contributed by atoms with Crippen LogP contribution in [-0.4, -0.2) is 5.91 Å². The molecule has 0 saturated carbocycles. The molecule has 2 N–H and O–H groups in total. The van der Waals surface area contributed by atoms with Crippen LogP contribution in [0.3, 0.4) is 0 Å². The summed E-state index contributed by atoms with van der Waals surface area (Å²) < 4.78 is 3.93. The number of hydrogen-bond donors (Lipinski definition) is 1. The van der Waals surface area contributed by atoms with Gasteiger partial charge in [-0.1, -0.05) is 0 Å². The first-order chi connectivity index (χ1) is 9.74. The maximum absolute atomic E-state index is 11.1. The van der Waals surface area contributed by atoms with Crippen LogP contribution in [0.1, 0.15) is 12.8 Å². The van der Waals surface area contributed by atoms with Crippen molar-refractivity contribution >= 4 is 14.2 Å². The molecule has 0 spiro atoms. The summed E-state index contributed by atoms with van der Waals surface area (Å²) in [6, 6.07) is 21.7. The topological polar surface area (TPSA) is 43.1 Å². The van der Waals surface area contributed by atoms with Gasteiger partial charge in [0.25, 0.3) is 0 Å². The molecule has 4 heteroatoms. The van der Waals surface area contributed by atoms with Crippen molar-refractivity contribution in [3.8, 4) is 0 Å². The molecule has 1 amide bonds. The second-order valence-electron chi connectivity index (χ2n) is 5.25. The molecule has 0 radical (unpaired) electrons. The van der Waals surface area contributed by atoms with E-state index in [2.05, 4.69) is 60.7 Å². The molecule has 2 aromatic rings. The number of hydrogen-bond acceptors (Lipinski definition) is 1. The third-order valence-corrected chi connectivity index (χ3v) is 17.9. The molecule has 96 valence electrons. The minimum absolute atomic E-state index is 0.152. The van der Waals surface area contributed by atoms with Crippen molar-refractivity contribution in [1.29, 1.82) is 0 Å². The van der Waals surface area contributed by atoms with E-state index < -0.39 is 34.3 Å².